The third kappa shape index (κ3) is 1.46. The molecule has 4 rings (SSSR count). The van der Waals surface area contributed by atoms with Crippen LogP contribution in [-0.4, -0.2) is 11.8 Å². The van der Waals surface area contributed by atoms with Crippen LogP contribution in [0.2, 0.25) is 10.0 Å². The van der Waals surface area contributed by atoms with E-state index in [9.17, 15) is 9.59 Å². The van der Waals surface area contributed by atoms with Crippen LogP contribution in [0.1, 0.15) is 13.3 Å². The minimum atomic E-state index is -0.637. The van der Waals surface area contributed by atoms with E-state index in [1.165, 1.54) is 4.90 Å². The molecule has 4 atom stereocenters. The van der Waals surface area contributed by atoms with E-state index in [2.05, 4.69) is 12.2 Å². The molecule has 3 aliphatic rings. The first kappa shape index (κ1) is 13.4. The number of carbonyl (C=O) groups excluding carboxylic acids is 2. The number of halogens is 2. The average molecular weight is 322 g/mol. The van der Waals surface area contributed by atoms with Crippen LogP contribution < -0.4 is 4.90 Å². The lowest BCUT2D eigenvalue weighted by atomic mass is 9.71. The van der Waals surface area contributed by atoms with E-state index in [4.69, 9.17) is 23.2 Å². The topological polar surface area (TPSA) is 37.4 Å². The first-order chi connectivity index (χ1) is 9.96. The summed E-state index contributed by atoms with van der Waals surface area (Å²) in [5.41, 5.74) is -0.239. The Bertz CT molecular complexity index is 714. The Kier molecular flexibility index (Phi) is 2.61. The average Bonchev–Trinajstić information content (AvgIpc) is 3.07. The largest absolute Gasteiger partial charge is 0.274 e. The summed E-state index contributed by atoms with van der Waals surface area (Å²) in [6.07, 6.45) is 5.05. The van der Waals surface area contributed by atoms with Crippen molar-refractivity contribution in [2.45, 2.75) is 13.3 Å². The van der Waals surface area contributed by atoms with Gasteiger partial charge in [0.15, 0.2) is 0 Å². The molecule has 2 aliphatic carbocycles. The van der Waals surface area contributed by atoms with Gasteiger partial charge in [0.2, 0.25) is 11.8 Å². The molecule has 1 saturated carbocycles. The monoisotopic (exact) mass is 321 g/mol. The van der Waals surface area contributed by atoms with Gasteiger partial charge in [0.05, 0.1) is 27.1 Å². The van der Waals surface area contributed by atoms with Crippen molar-refractivity contribution < 1.29 is 9.59 Å². The summed E-state index contributed by atoms with van der Waals surface area (Å²) < 4.78 is 0. The fraction of sp³-hybridized carbons (Fsp3) is 0.375. The standard InChI is InChI=1S/C16H13Cl2NO2/c1-16-9-6-5-8(7-9)12(16)14(20)19(15(16)21)11-4-2-3-10(17)13(11)18/h2-6,8-9,12H,7H2,1H3/t8-,9+,12-,16-/m1/s1. The van der Waals surface area contributed by atoms with Gasteiger partial charge >= 0.3 is 0 Å². The molecule has 1 heterocycles. The van der Waals surface area contributed by atoms with Gasteiger partial charge in [0, 0.05) is 0 Å². The number of fused-ring (bicyclic) bond motifs is 5. The molecule has 2 fully saturated rings. The normalized spacial score (nSPS) is 36.7. The number of imide groups is 1. The van der Waals surface area contributed by atoms with Crippen molar-refractivity contribution in [3.63, 3.8) is 0 Å². The van der Waals surface area contributed by atoms with Crippen molar-refractivity contribution in [1.82, 2.24) is 0 Å². The maximum atomic E-state index is 12.9. The summed E-state index contributed by atoms with van der Waals surface area (Å²) in [5.74, 6) is -0.261. The van der Waals surface area contributed by atoms with E-state index in [0.29, 0.717) is 10.7 Å². The summed E-state index contributed by atoms with van der Waals surface area (Å²) in [6.45, 7) is 1.91. The predicted molar refractivity (Wildman–Crippen MR) is 81.3 cm³/mol. The quantitative estimate of drug-likeness (QED) is 0.584. The Morgan fingerprint density at radius 3 is 2.71 bits per heavy atom. The lowest BCUT2D eigenvalue weighted by molar-refractivity contribution is -0.127. The predicted octanol–water partition coefficient (Wildman–Crippen LogP) is 3.70. The second-order valence-corrected chi connectivity index (χ2v) is 6.99. The molecule has 0 unspecified atom stereocenters. The Labute approximate surface area is 132 Å². The molecule has 2 bridgehead atoms. The highest BCUT2D eigenvalue weighted by molar-refractivity contribution is 6.45. The van der Waals surface area contributed by atoms with E-state index in [1.54, 1.807) is 18.2 Å². The minimum absolute atomic E-state index is 0.145. The van der Waals surface area contributed by atoms with Gasteiger partial charge in [-0.05, 0) is 37.3 Å². The number of allylic oxidation sites excluding steroid dienone is 2. The molecule has 0 spiro atoms. The van der Waals surface area contributed by atoms with E-state index in [0.717, 1.165) is 6.42 Å². The van der Waals surface area contributed by atoms with Crippen molar-refractivity contribution in [2.24, 2.45) is 23.2 Å². The zero-order valence-electron chi connectivity index (χ0n) is 11.3. The maximum Gasteiger partial charge on any atom is 0.241 e. The van der Waals surface area contributed by atoms with Crippen molar-refractivity contribution in [3.05, 3.63) is 40.4 Å². The van der Waals surface area contributed by atoms with Crippen molar-refractivity contribution >= 4 is 40.7 Å². The summed E-state index contributed by atoms with van der Waals surface area (Å²) >= 11 is 12.2. The number of carbonyl (C=O) groups is 2. The van der Waals surface area contributed by atoms with Gasteiger partial charge in [0.25, 0.3) is 0 Å². The SMILES string of the molecule is C[C@]12C(=O)N(c3cccc(Cl)c3Cl)C(=O)[C@H]1[C@@H]1C=C[C@H]2C1. The van der Waals surface area contributed by atoms with E-state index < -0.39 is 5.41 Å². The molecule has 1 saturated heterocycles. The van der Waals surface area contributed by atoms with Crippen molar-refractivity contribution in [3.8, 4) is 0 Å². The Morgan fingerprint density at radius 1 is 1.24 bits per heavy atom. The molecule has 0 radical (unpaired) electrons. The van der Waals surface area contributed by atoms with Gasteiger partial charge in [-0.15, -0.1) is 0 Å². The van der Waals surface area contributed by atoms with Crippen LogP contribution in [0.15, 0.2) is 30.4 Å². The zero-order chi connectivity index (χ0) is 14.9. The zero-order valence-corrected chi connectivity index (χ0v) is 12.9. The molecule has 0 aromatic heterocycles. The molecule has 21 heavy (non-hydrogen) atoms. The molecule has 1 aliphatic heterocycles. The van der Waals surface area contributed by atoms with E-state index in [-0.39, 0.29) is 34.6 Å². The van der Waals surface area contributed by atoms with Crippen LogP contribution in [0.5, 0.6) is 0 Å². The summed E-state index contributed by atoms with van der Waals surface area (Å²) in [6, 6.07) is 5.02. The number of hydrogen-bond donors (Lipinski definition) is 0. The Morgan fingerprint density at radius 2 is 2.00 bits per heavy atom. The van der Waals surface area contributed by atoms with Crippen LogP contribution in [0, 0.1) is 23.2 Å². The molecular weight excluding hydrogens is 309 g/mol. The van der Waals surface area contributed by atoms with Crippen LogP contribution in [0.4, 0.5) is 5.69 Å². The second-order valence-electron chi connectivity index (χ2n) is 6.20. The van der Waals surface area contributed by atoms with Gasteiger partial charge in [-0.1, -0.05) is 41.4 Å². The van der Waals surface area contributed by atoms with E-state index >= 15 is 0 Å². The lowest BCUT2D eigenvalue weighted by Crippen LogP contribution is -2.37. The van der Waals surface area contributed by atoms with Gasteiger partial charge < -0.3 is 0 Å². The highest BCUT2D eigenvalue weighted by atomic mass is 35.5. The molecule has 1 aromatic carbocycles. The van der Waals surface area contributed by atoms with Crippen molar-refractivity contribution in [1.29, 1.82) is 0 Å². The molecule has 2 amide bonds. The third-order valence-electron chi connectivity index (χ3n) is 5.28. The minimum Gasteiger partial charge on any atom is -0.274 e. The number of rotatable bonds is 1. The summed E-state index contributed by atoms with van der Waals surface area (Å²) in [4.78, 5) is 27.0. The molecule has 1 aromatic rings. The van der Waals surface area contributed by atoms with Gasteiger partial charge in [-0.3, -0.25) is 9.59 Å². The van der Waals surface area contributed by atoms with Crippen molar-refractivity contribution in [2.75, 3.05) is 4.90 Å². The smallest absolute Gasteiger partial charge is 0.241 e. The number of hydrogen-bond acceptors (Lipinski definition) is 2. The summed E-state index contributed by atoms with van der Waals surface area (Å²) in [7, 11) is 0. The first-order valence-electron chi connectivity index (χ1n) is 6.97. The van der Waals surface area contributed by atoms with Gasteiger partial charge in [0.1, 0.15) is 0 Å². The molecule has 0 N–H and O–H groups in total. The van der Waals surface area contributed by atoms with Crippen LogP contribution >= 0.6 is 23.2 Å². The molecule has 5 heteroatoms. The Hall–Kier alpha value is -1.32. The first-order valence-corrected chi connectivity index (χ1v) is 7.72. The maximum absolute atomic E-state index is 12.9. The molecular formula is C16H13Cl2NO2. The van der Waals surface area contributed by atoms with E-state index in [1.807, 2.05) is 6.92 Å². The highest BCUT2D eigenvalue weighted by Gasteiger charge is 2.67. The lowest BCUT2D eigenvalue weighted by Gasteiger charge is -2.28. The Balaban J connectivity index is 1.85. The molecule has 3 nitrogen and oxygen atoms in total. The van der Waals surface area contributed by atoms with Crippen LogP contribution in [0.3, 0.4) is 0 Å². The van der Waals surface area contributed by atoms with Gasteiger partial charge in [-0.2, -0.15) is 0 Å². The number of benzene rings is 1. The van der Waals surface area contributed by atoms with Crippen LogP contribution in [0.25, 0.3) is 0 Å². The third-order valence-corrected chi connectivity index (χ3v) is 6.09. The van der Waals surface area contributed by atoms with Crippen LogP contribution in [-0.2, 0) is 9.59 Å². The fourth-order valence-electron chi connectivity index (χ4n) is 4.20. The second kappa shape index (κ2) is 4.11. The van der Waals surface area contributed by atoms with Gasteiger partial charge in [-0.25, -0.2) is 4.90 Å². The fourth-order valence-corrected chi connectivity index (χ4v) is 4.58. The summed E-state index contributed by atoms with van der Waals surface area (Å²) in [5, 5.41) is 0.600. The molecule has 108 valence electrons. The number of amides is 2. The number of nitrogens with zero attached hydrogens (tertiary/aromatic N) is 1. The number of anilines is 1. The highest BCUT2D eigenvalue weighted by Crippen LogP contribution is 2.61.